The quantitative estimate of drug-likeness (QED) is 0.306. The molecule has 0 aromatic heterocycles. The summed E-state index contributed by atoms with van der Waals surface area (Å²) in [5.74, 6) is 0.103. The molecule has 2 fully saturated rings. The first-order valence-electron chi connectivity index (χ1n) is 14.8. The Labute approximate surface area is 222 Å². The number of hydrogen-bond donors (Lipinski definition) is 0. The zero-order valence-corrected chi connectivity index (χ0v) is 23.1. The van der Waals surface area contributed by atoms with E-state index in [9.17, 15) is 4.39 Å². The normalized spacial score (nSPS) is 24.3. The molecule has 0 unspecified atom stereocenters. The third kappa shape index (κ3) is 7.12. The second-order valence-electron chi connectivity index (χ2n) is 11.8. The molecule has 2 aromatic rings. The van der Waals surface area contributed by atoms with Gasteiger partial charge in [-0.3, -0.25) is 0 Å². The predicted octanol–water partition coefficient (Wildman–Crippen LogP) is 10.2. The maximum Gasteiger partial charge on any atom is 0.201 e. The van der Waals surface area contributed by atoms with E-state index in [-0.39, 0.29) is 16.9 Å². The number of aryl methyl sites for hydroxylation is 2. The van der Waals surface area contributed by atoms with Crippen molar-refractivity contribution in [1.82, 2.24) is 0 Å². The molecule has 1 nitrogen and oxygen atoms in total. The fraction of sp³-hybridized carbons (Fsp3) is 0.636. The van der Waals surface area contributed by atoms with E-state index in [1.54, 1.807) is 6.07 Å². The van der Waals surface area contributed by atoms with Gasteiger partial charge in [-0.2, -0.15) is 4.39 Å². The number of benzene rings is 2. The topological polar surface area (TPSA) is 9.23 Å². The summed E-state index contributed by atoms with van der Waals surface area (Å²) in [7, 11) is 0. The van der Waals surface area contributed by atoms with Gasteiger partial charge in [-0.05, 0) is 91.7 Å². The van der Waals surface area contributed by atoms with Gasteiger partial charge in [-0.1, -0.05) is 71.6 Å². The molecule has 0 radical (unpaired) electrons. The van der Waals surface area contributed by atoms with Crippen LogP contribution in [0.2, 0.25) is 0 Å². The van der Waals surface area contributed by atoms with Crippen LogP contribution in [0.1, 0.15) is 102 Å². The fourth-order valence-electron chi connectivity index (χ4n) is 6.64. The summed E-state index contributed by atoms with van der Waals surface area (Å²) >= 11 is 0. The van der Waals surface area contributed by atoms with Crippen LogP contribution in [0.15, 0.2) is 24.3 Å². The van der Waals surface area contributed by atoms with E-state index in [0.717, 1.165) is 48.6 Å². The largest absolute Gasteiger partial charge is 0.490 e. The zero-order chi connectivity index (χ0) is 26.4. The van der Waals surface area contributed by atoms with Crippen molar-refractivity contribution in [2.75, 3.05) is 6.61 Å². The first-order chi connectivity index (χ1) is 17.9. The van der Waals surface area contributed by atoms with E-state index in [2.05, 4.69) is 13.8 Å². The Hall–Kier alpha value is -1.97. The Morgan fingerprint density at radius 1 is 0.730 bits per heavy atom. The summed E-state index contributed by atoms with van der Waals surface area (Å²) in [5.41, 5.74) is 1.96. The zero-order valence-electron chi connectivity index (χ0n) is 23.1. The first-order valence-corrected chi connectivity index (χ1v) is 14.8. The minimum Gasteiger partial charge on any atom is -0.490 e. The van der Waals surface area contributed by atoms with Crippen LogP contribution >= 0.6 is 0 Å². The maximum absolute atomic E-state index is 15.1. The monoisotopic (exact) mass is 514 g/mol. The molecule has 0 spiro atoms. The second kappa shape index (κ2) is 13.2. The maximum atomic E-state index is 15.1. The van der Waals surface area contributed by atoms with E-state index in [1.807, 2.05) is 6.92 Å². The summed E-state index contributed by atoms with van der Waals surface area (Å²) in [6.07, 6.45) is 15.3. The molecular formula is C33H45F3O. The van der Waals surface area contributed by atoms with Crippen molar-refractivity contribution in [2.45, 2.75) is 104 Å². The molecule has 0 heterocycles. The van der Waals surface area contributed by atoms with Crippen LogP contribution in [0.3, 0.4) is 0 Å². The van der Waals surface area contributed by atoms with Gasteiger partial charge in [-0.25, -0.2) is 8.78 Å². The van der Waals surface area contributed by atoms with Crippen molar-refractivity contribution in [3.63, 3.8) is 0 Å². The minimum absolute atomic E-state index is 0.0463. The fourth-order valence-corrected chi connectivity index (χ4v) is 6.64. The van der Waals surface area contributed by atoms with Gasteiger partial charge in [0.15, 0.2) is 11.6 Å². The number of ether oxygens (including phenoxy) is 1. The highest BCUT2D eigenvalue weighted by Gasteiger charge is 2.24. The molecular weight excluding hydrogens is 469 g/mol. The lowest BCUT2D eigenvalue weighted by atomic mass is 9.78. The van der Waals surface area contributed by atoms with E-state index < -0.39 is 17.5 Å². The summed E-state index contributed by atoms with van der Waals surface area (Å²) in [4.78, 5) is 0. The van der Waals surface area contributed by atoms with E-state index in [4.69, 9.17) is 4.74 Å². The Bertz CT molecular complexity index is 1020. The lowest BCUT2D eigenvalue weighted by Crippen LogP contribution is -2.20. The van der Waals surface area contributed by atoms with Crippen LogP contribution in [-0.2, 0) is 6.42 Å². The number of hydrogen-bond acceptors (Lipinski definition) is 1. The SMILES string of the molecule is CCCC1CCC(COc2ccc(-c3cc(C)c(CCC4CCC(CC)CC4)cc3F)c(F)c2F)CC1. The van der Waals surface area contributed by atoms with Gasteiger partial charge in [0.25, 0.3) is 0 Å². The molecule has 0 saturated heterocycles. The van der Waals surface area contributed by atoms with Crippen molar-refractivity contribution in [3.8, 4) is 16.9 Å². The molecule has 2 aromatic carbocycles. The highest BCUT2D eigenvalue weighted by atomic mass is 19.2. The Kier molecular flexibility index (Phi) is 10.0. The average Bonchev–Trinajstić information content (AvgIpc) is 2.91. The van der Waals surface area contributed by atoms with Gasteiger partial charge in [0.2, 0.25) is 5.82 Å². The molecule has 204 valence electrons. The Balaban J connectivity index is 1.38. The molecule has 2 saturated carbocycles. The lowest BCUT2D eigenvalue weighted by Gasteiger charge is -2.28. The van der Waals surface area contributed by atoms with Crippen LogP contribution in [-0.4, -0.2) is 6.61 Å². The molecule has 0 bridgehead atoms. The molecule has 4 heteroatoms. The lowest BCUT2D eigenvalue weighted by molar-refractivity contribution is 0.173. The molecule has 0 amide bonds. The summed E-state index contributed by atoms with van der Waals surface area (Å²) in [6.45, 7) is 6.83. The van der Waals surface area contributed by atoms with Gasteiger partial charge >= 0.3 is 0 Å². The first kappa shape index (κ1) is 28.0. The third-order valence-electron chi connectivity index (χ3n) is 9.27. The Morgan fingerprint density at radius 3 is 2.00 bits per heavy atom. The van der Waals surface area contributed by atoms with Crippen molar-refractivity contribution < 1.29 is 17.9 Å². The van der Waals surface area contributed by atoms with Crippen LogP contribution in [0, 0.1) is 48.0 Å². The smallest absolute Gasteiger partial charge is 0.201 e. The minimum atomic E-state index is -1.04. The summed E-state index contributed by atoms with van der Waals surface area (Å²) in [6, 6.07) is 6.10. The standard InChI is InChI=1S/C33H45F3O/c1-4-6-24-11-13-26(14-12-24)21-37-31-18-17-28(32(35)33(31)36)29-19-22(3)27(20-30(29)34)16-15-25-9-7-23(5-2)8-10-25/h17-20,23-26H,4-16,21H2,1-3H3. The van der Waals surface area contributed by atoms with Gasteiger partial charge in [-0.15, -0.1) is 0 Å². The van der Waals surface area contributed by atoms with Crippen LogP contribution < -0.4 is 4.74 Å². The van der Waals surface area contributed by atoms with E-state index in [0.29, 0.717) is 18.4 Å². The molecule has 0 atom stereocenters. The van der Waals surface area contributed by atoms with Crippen LogP contribution in [0.4, 0.5) is 13.2 Å². The van der Waals surface area contributed by atoms with Crippen molar-refractivity contribution in [3.05, 3.63) is 52.8 Å². The van der Waals surface area contributed by atoms with Crippen molar-refractivity contribution in [1.29, 1.82) is 0 Å². The summed E-state index contributed by atoms with van der Waals surface area (Å²) in [5, 5.41) is 0. The summed E-state index contributed by atoms with van der Waals surface area (Å²) < 4.78 is 50.9. The Morgan fingerprint density at radius 2 is 1.35 bits per heavy atom. The highest BCUT2D eigenvalue weighted by molar-refractivity contribution is 5.67. The number of halogens is 3. The van der Waals surface area contributed by atoms with Gasteiger partial charge in [0.1, 0.15) is 5.82 Å². The molecule has 0 aliphatic heterocycles. The van der Waals surface area contributed by atoms with Gasteiger partial charge in [0.05, 0.1) is 6.61 Å². The highest BCUT2D eigenvalue weighted by Crippen LogP contribution is 2.36. The molecule has 2 aliphatic rings. The molecule has 0 N–H and O–H groups in total. The molecule has 37 heavy (non-hydrogen) atoms. The second-order valence-corrected chi connectivity index (χ2v) is 11.8. The average molecular weight is 515 g/mol. The predicted molar refractivity (Wildman–Crippen MR) is 146 cm³/mol. The third-order valence-corrected chi connectivity index (χ3v) is 9.27. The van der Waals surface area contributed by atoms with E-state index >= 15 is 8.78 Å². The van der Waals surface area contributed by atoms with Gasteiger partial charge < -0.3 is 4.74 Å². The van der Waals surface area contributed by atoms with Crippen molar-refractivity contribution >= 4 is 0 Å². The van der Waals surface area contributed by atoms with Crippen LogP contribution in [0.25, 0.3) is 11.1 Å². The molecule has 4 rings (SSSR count). The van der Waals surface area contributed by atoms with Crippen LogP contribution in [0.5, 0.6) is 5.75 Å². The number of rotatable bonds is 10. The van der Waals surface area contributed by atoms with E-state index in [1.165, 1.54) is 76.0 Å². The molecule has 2 aliphatic carbocycles. The van der Waals surface area contributed by atoms with Gasteiger partial charge in [0, 0.05) is 11.1 Å². The van der Waals surface area contributed by atoms with Crippen molar-refractivity contribution in [2.24, 2.45) is 23.7 Å².